The van der Waals surface area contributed by atoms with Gasteiger partial charge in [-0.15, -0.1) is 0 Å². The van der Waals surface area contributed by atoms with Gasteiger partial charge in [-0.3, -0.25) is 0 Å². The molecule has 1 aromatic heterocycles. The van der Waals surface area contributed by atoms with Crippen LogP contribution in [-0.4, -0.2) is 47.6 Å². The molecule has 1 aliphatic heterocycles. The molecule has 1 aliphatic rings. The number of nitrogens with zero attached hydrogens (tertiary/aromatic N) is 3. The van der Waals surface area contributed by atoms with E-state index in [-0.39, 0.29) is 0 Å². The topological polar surface area (TPSA) is 53.1 Å². The lowest BCUT2D eigenvalue weighted by Crippen LogP contribution is -2.35. The molecule has 1 aromatic rings. The molecular weight excluding hydrogens is 238 g/mol. The smallest absolute Gasteiger partial charge is 0.131 e. The Hall–Kier alpha value is -1.36. The average Bonchev–Trinajstić information content (AvgIpc) is 2.46. The molecule has 2 N–H and O–H groups in total. The van der Waals surface area contributed by atoms with Crippen molar-refractivity contribution in [1.82, 2.24) is 14.9 Å². The summed E-state index contributed by atoms with van der Waals surface area (Å²) in [5, 5.41) is 6.64. The predicted molar refractivity (Wildman–Crippen MR) is 79.5 cm³/mol. The molecule has 0 spiro atoms. The fourth-order valence-electron chi connectivity index (χ4n) is 2.49. The van der Waals surface area contributed by atoms with E-state index in [9.17, 15) is 0 Å². The van der Waals surface area contributed by atoms with E-state index in [4.69, 9.17) is 0 Å². The summed E-state index contributed by atoms with van der Waals surface area (Å²) in [5.41, 5.74) is 0. The van der Waals surface area contributed by atoms with Gasteiger partial charge in [0.25, 0.3) is 0 Å². The monoisotopic (exact) mass is 263 g/mol. The van der Waals surface area contributed by atoms with Crippen molar-refractivity contribution >= 4 is 11.6 Å². The Kier molecular flexibility index (Phi) is 5.39. The van der Waals surface area contributed by atoms with Crippen molar-refractivity contribution in [3.8, 4) is 0 Å². The maximum atomic E-state index is 4.26. The molecule has 0 aliphatic carbocycles. The number of likely N-dealkylation sites (tertiary alicyclic amines) is 1. The zero-order valence-corrected chi connectivity index (χ0v) is 12.0. The van der Waals surface area contributed by atoms with Gasteiger partial charge in [-0.2, -0.15) is 0 Å². The SMILES string of the molecule is CCNc1cc(NCC2CCN(CC)CC2)ncn1. The average molecular weight is 263 g/mol. The molecule has 0 unspecified atom stereocenters. The fraction of sp³-hybridized carbons (Fsp3) is 0.714. The van der Waals surface area contributed by atoms with Crippen molar-refractivity contribution in [2.75, 3.05) is 43.4 Å². The molecule has 1 saturated heterocycles. The fourth-order valence-corrected chi connectivity index (χ4v) is 2.49. The van der Waals surface area contributed by atoms with Crippen molar-refractivity contribution in [3.63, 3.8) is 0 Å². The minimum absolute atomic E-state index is 0.764. The zero-order valence-electron chi connectivity index (χ0n) is 12.0. The summed E-state index contributed by atoms with van der Waals surface area (Å²) in [6, 6.07) is 1.98. The number of hydrogen-bond donors (Lipinski definition) is 2. The van der Waals surface area contributed by atoms with Crippen molar-refractivity contribution in [3.05, 3.63) is 12.4 Å². The van der Waals surface area contributed by atoms with Gasteiger partial charge < -0.3 is 15.5 Å². The van der Waals surface area contributed by atoms with Gasteiger partial charge in [0.1, 0.15) is 18.0 Å². The Labute approximate surface area is 115 Å². The zero-order chi connectivity index (χ0) is 13.5. The van der Waals surface area contributed by atoms with Gasteiger partial charge in [0.15, 0.2) is 0 Å². The summed E-state index contributed by atoms with van der Waals surface area (Å²) < 4.78 is 0. The van der Waals surface area contributed by atoms with E-state index in [1.165, 1.54) is 32.5 Å². The summed E-state index contributed by atoms with van der Waals surface area (Å²) in [4.78, 5) is 11.0. The standard InChI is InChI=1S/C14H25N5/c1-3-15-13-9-14(18-11-17-13)16-10-12-5-7-19(4-2)8-6-12/h9,11-12H,3-8,10H2,1-2H3,(H2,15,16,17,18). The molecule has 2 heterocycles. The molecule has 1 fully saturated rings. The molecule has 0 radical (unpaired) electrons. The van der Waals surface area contributed by atoms with E-state index in [0.29, 0.717) is 0 Å². The van der Waals surface area contributed by atoms with Gasteiger partial charge in [-0.05, 0) is 45.3 Å². The Morgan fingerprint density at radius 1 is 1.16 bits per heavy atom. The first-order valence-corrected chi connectivity index (χ1v) is 7.34. The van der Waals surface area contributed by atoms with Crippen LogP contribution in [-0.2, 0) is 0 Å². The van der Waals surface area contributed by atoms with E-state index in [0.717, 1.165) is 30.6 Å². The lowest BCUT2D eigenvalue weighted by atomic mass is 9.97. The van der Waals surface area contributed by atoms with Gasteiger partial charge in [0.2, 0.25) is 0 Å². The number of aromatic nitrogens is 2. The lowest BCUT2D eigenvalue weighted by molar-refractivity contribution is 0.198. The molecule has 106 valence electrons. The first kappa shape index (κ1) is 14.1. The van der Waals surface area contributed by atoms with Crippen LogP contribution in [0.25, 0.3) is 0 Å². The van der Waals surface area contributed by atoms with Crippen LogP contribution in [0.15, 0.2) is 12.4 Å². The van der Waals surface area contributed by atoms with Crippen LogP contribution < -0.4 is 10.6 Å². The number of piperidine rings is 1. The largest absolute Gasteiger partial charge is 0.370 e. The normalized spacial score (nSPS) is 17.4. The third-order valence-corrected chi connectivity index (χ3v) is 3.75. The third-order valence-electron chi connectivity index (χ3n) is 3.75. The summed E-state index contributed by atoms with van der Waals surface area (Å²) in [6.07, 6.45) is 4.18. The van der Waals surface area contributed by atoms with E-state index in [1.54, 1.807) is 6.33 Å². The summed E-state index contributed by atoms with van der Waals surface area (Å²) in [5.74, 6) is 2.57. The van der Waals surface area contributed by atoms with Crippen LogP contribution in [0.5, 0.6) is 0 Å². The molecule has 5 nitrogen and oxygen atoms in total. The summed E-state index contributed by atoms with van der Waals surface area (Å²) >= 11 is 0. The molecular formula is C14H25N5. The van der Waals surface area contributed by atoms with E-state index >= 15 is 0 Å². The molecule has 0 bridgehead atoms. The highest BCUT2D eigenvalue weighted by Gasteiger charge is 2.17. The van der Waals surface area contributed by atoms with E-state index < -0.39 is 0 Å². The summed E-state index contributed by atoms with van der Waals surface area (Å²) in [7, 11) is 0. The highest BCUT2D eigenvalue weighted by molar-refractivity contribution is 5.46. The Morgan fingerprint density at radius 2 is 1.84 bits per heavy atom. The molecule has 19 heavy (non-hydrogen) atoms. The van der Waals surface area contributed by atoms with Crippen LogP contribution in [0.1, 0.15) is 26.7 Å². The highest BCUT2D eigenvalue weighted by atomic mass is 15.1. The van der Waals surface area contributed by atoms with Crippen molar-refractivity contribution in [1.29, 1.82) is 0 Å². The van der Waals surface area contributed by atoms with Gasteiger partial charge in [0, 0.05) is 19.2 Å². The van der Waals surface area contributed by atoms with Crippen molar-refractivity contribution in [2.24, 2.45) is 5.92 Å². The highest BCUT2D eigenvalue weighted by Crippen LogP contribution is 2.18. The van der Waals surface area contributed by atoms with Gasteiger partial charge in [-0.1, -0.05) is 6.92 Å². The van der Waals surface area contributed by atoms with Crippen LogP contribution in [0.4, 0.5) is 11.6 Å². The quantitative estimate of drug-likeness (QED) is 0.822. The number of rotatable bonds is 6. The third kappa shape index (κ3) is 4.35. The molecule has 0 saturated carbocycles. The maximum Gasteiger partial charge on any atom is 0.131 e. The Balaban J connectivity index is 1.77. The van der Waals surface area contributed by atoms with Gasteiger partial charge in [-0.25, -0.2) is 9.97 Å². The molecule has 2 rings (SSSR count). The maximum absolute atomic E-state index is 4.26. The molecule has 0 aromatic carbocycles. The Morgan fingerprint density at radius 3 is 2.47 bits per heavy atom. The van der Waals surface area contributed by atoms with Crippen LogP contribution in [0.2, 0.25) is 0 Å². The second kappa shape index (κ2) is 7.28. The number of nitrogens with one attached hydrogen (secondary N) is 2. The van der Waals surface area contributed by atoms with Crippen LogP contribution in [0, 0.1) is 5.92 Å². The number of anilines is 2. The van der Waals surface area contributed by atoms with E-state index in [2.05, 4.69) is 39.3 Å². The van der Waals surface area contributed by atoms with Crippen molar-refractivity contribution < 1.29 is 0 Å². The molecule has 5 heteroatoms. The first-order valence-electron chi connectivity index (χ1n) is 7.34. The van der Waals surface area contributed by atoms with E-state index in [1.807, 2.05) is 6.07 Å². The van der Waals surface area contributed by atoms with Crippen LogP contribution >= 0.6 is 0 Å². The van der Waals surface area contributed by atoms with Crippen LogP contribution in [0.3, 0.4) is 0 Å². The second-order valence-corrected chi connectivity index (χ2v) is 5.08. The summed E-state index contributed by atoms with van der Waals surface area (Å²) in [6.45, 7) is 9.84. The molecule has 0 amide bonds. The van der Waals surface area contributed by atoms with Gasteiger partial charge in [0.05, 0.1) is 0 Å². The minimum Gasteiger partial charge on any atom is -0.370 e. The lowest BCUT2D eigenvalue weighted by Gasteiger charge is -2.31. The molecule has 0 atom stereocenters. The van der Waals surface area contributed by atoms with Gasteiger partial charge >= 0.3 is 0 Å². The number of hydrogen-bond acceptors (Lipinski definition) is 5. The first-order chi connectivity index (χ1) is 9.31. The predicted octanol–water partition coefficient (Wildman–Crippen LogP) is 2.05. The van der Waals surface area contributed by atoms with Crippen molar-refractivity contribution in [2.45, 2.75) is 26.7 Å². The Bertz CT molecular complexity index is 374. The minimum atomic E-state index is 0.764. The second-order valence-electron chi connectivity index (χ2n) is 5.08.